The van der Waals surface area contributed by atoms with Crippen LogP contribution in [0.1, 0.15) is 51.7 Å². The fraction of sp³-hybridized carbons (Fsp3) is 0.382. The van der Waals surface area contributed by atoms with Gasteiger partial charge in [0.05, 0.1) is 12.8 Å². The van der Waals surface area contributed by atoms with E-state index in [1.54, 1.807) is 27.7 Å². The highest BCUT2D eigenvalue weighted by molar-refractivity contribution is 5.95. The van der Waals surface area contributed by atoms with Crippen molar-refractivity contribution in [2.24, 2.45) is 5.92 Å². The Balaban J connectivity index is 1.56. The normalized spacial score (nSPS) is 12.6. The number of amides is 2. The van der Waals surface area contributed by atoms with Crippen molar-refractivity contribution in [2.45, 2.75) is 65.0 Å². The van der Waals surface area contributed by atoms with Gasteiger partial charge in [0.1, 0.15) is 11.6 Å². The molecule has 0 aliphatic rings. The Morgan fingerprint density at radius 1 is 0.814 bits per heavy atom. The van der Waals surface area contributed by atoms with Crippen LogP contribution in [-0.2, 0) is 46.3 Å². The summed E-state index contributed by atoms with van der Waals surface area (Å²) in [6, 6.07) is 21.6. The third-order valence-electron chi connectivity index (χ3n) is 6.60. The van der Waals surface area contributed by atoms with E-state index in [4.69, 9.17) is 9.47 Å². The molecule has 2 unspecified atom stereocenters. The summed E-state index contributed by atoms with van der Waals surface area (Å²) in [5.41, 5.74) is 1.03. The van der Waals surface area contributed by atoms with Crippen molar-refractivity contribution in [1.29, 1.82) is 0 Å². The zero-order valence-electron chi connectivity index (χ0n) is 25.2. The summed E-state index contributed by atoms with van der Waals surface area (Å²) in [6.45, 7) is 6.41. The maximum absolute atomic E-state index is 13.1. The summed E-state index contributed by atoms with van der Waals surface area (Å²) in [7, 11) is 0. The number of carbonyl (C=O) groups excluding carboxylic acids is 5. The van der Waals surface area contributed by atoms with Gasteiger partial charge in [0.2, 0.25) is 11.8 Å². The SMILES string of the molecule is CC(CC(=O)NCCc1ccccc1)C(=O)NC(CC(=O)OC(C)(C)C)C(=O)COC(=O)Cc1cccc2ccccc12. The lowest BCUT2D eigenvalue weighted by atomic mass is 10.0. The van der Waals surface area contributed by atoms with E-state index < -0.39 is 54.2 Å². The molecule has 0 spiro atoms. The maximum atomic E-state index is 13.1. The van der Waals surface area contributed by atoms with Gasteiger partial charge in [-0.3, -0.25) is 24.0 Å². The van der Waals surface area contributed by atoms with E-state index in [0.717, 1.165) is 21.9 Å². The lowest BCUT2D eigenvalue weighted by Crippen LogP contribution is -2.47. The smallest absolute Gasteiger partial charge is 0.310 e. The largest absolute Gasteiger partial charge is 0.460 e. The zero-order valence-corrected chi connectivity index (χ0v) is 25.2. The van der Waals surface area contributed by atoms with Crippen LogP contribution < -0.4 is 10.6 Å². The standard InChI is InChI=1S/C34H40N2O7/c1-23(19-30(38)35-18-17-24-11-6-5-7-12-24)33(41)36-28(21-32(40)43-34(2,3)4)29(37)22-42-31(39)20-26-15-10-14-25-13-8-9-16-27(25)26/h5-16,23,28H,17-22H2,1-4H3,(H,35,38)(H,36,41). The van der Waals surface area contributed by atoms with E-state index in [0.29, 0.717) is 13.0 Å². The first-order chi connectivity index (χ1) is 20.4. The maximum Gasteiger partial charge on any atom is 0.310 e. The molecule has 2 amide bonds. The highest BCUT2D eigenvalue weighted by Crippen LogP contribution is 2.19. The minimum atomic E-state index is -1.30. The van der Waals surface area contributed by atoms with Crippen molar-refractivity contribution in [3.63, 3.8) is 0 Å². The number of hydrogen-bond donors (Lipinski definition) is 2. The molecule has 3 aromatic carbocycles. The van der Waals surface area contributed by atoms with Gasteiger partial charge in [-0.05, 0) is 49.1 Å². The van der Waals surface area contributed by atoms with Gasteiger partial charge in [0.25, 0.3) is 0 Å². The number of nitrogens with one attached hydrogen (secondary N) is 2. The monoisotopic (exact) mass is 588 g/mol. The van der Waals surface area contributed by atoms with Gasteiger partial charge in [0, 0.05) is 18.9 Å². The van der Waals surface area contributed by atoms with Crippen molar-refractivity contribution < 1.29 is 33.4 Å². The first kappa shape index (κ1) is 33.0. The Kier molecular flexibility index (Phi) is 12.0. The lowest BCUT2D eigenvalue weighted by molar-refractivity contribution is -0.157. The van der Waals surface area contributed by atoms with E-state index >= 15 is 0 Å². The number of rotatable bonds is 14. The molecule has 43 heavy (non-hydrogen) atoms. The van der Waals surface area contributed by atoms with Gasteiger partial charge in [-0.25, -0.2) is 0 Å². The Labute approximate surface area is 252 Å². The Morgan fingerprint density at radius 3 is 2.21 bits per heavy atom. The van der Waals surface area contributed by atoms with Crippen LogP contribution in [-0.4, -0.2) is 54.3 Å². The van der Waals surface area contributed by atoms with E-state index in [1.807, 2.05) is 72.8 Å². The molecule has 0 bridgehead atoms. The fourth-order valence-electron chi connectivity index (χ4n) is 4.45. The van der Waals surface area contributed by atoms with Crippen LogP contribution in [0.15, 0.2) is 72.8 Å². The average Bonchev–Trinajstić information content (AvgIpc) is 2.95. The third kappa shape index (κ3) is 11.3. The predicted molar refractivity (Wildman–Crippen MR) is 163 cm³/mol. The van der Waals surface area contributed by atoms with Gasteiger partial charge < -0.3 is 20.1 Å². The number of esters is 2. The van der Waals surface area contributed by atoms with Gasteiger partial charge in [0.15, 0.2) is 12.4 Å². The molecule has 3 aromatic rings. The zero-order chi connectivity index (χ0) is 31.4. The Bertz CT molecular complexity index is 1420. The second kappa shape index (κ2) is 15.6. The molecular weight excluding hydrogens is 548 g/mol. The molecular formula is C34H40N2O7. The summed E-state index contributed by atoms with van der Waals surface area (Å²) in [5, 5.41) is 7.23. The molecule has 0 aliphatic heterocycles. The minimum Gasteiger partial charge on any atom is -0.460 e. The molecule has 0 aliphatic carbocycles. The van der Waals surface area contributed by atoms with Crippen LogP contribution >= 0.6 is 0 Å². The summed E-state index contributed by atoms with van der Waals surface area (Å²) >= 11 is 0. The molecule has 0 aromatic heterocycles. The van der Waals surface area contributed by atoms with Gasteiger partial charge in [-0.2, -0.15) is 0 Å². The predicted octanol–water partition coefficient (Wildman–Crippen LogP) is 4.10. The second-order valence-electron chi connectivity index (χ2n) is 11.5. The number of benzene rings is 3. The second-order valence-corrected chi connectivity index (χ2v) is 11.5. The topological polar surface area (TPSA) is 128 Å². The van der Waals surface area contributed by atoms with Gasteiger partial charge in [-0.1, -0.05) is 79.7 Å². The first-order valence-electron chi connectivity index (χ1n) is 14.4. The number of ether oxygens (including phenoxy) is 2. The van der Waals surface area contributed by atoms with Crippen molar-refractivity contribution in [2.75, 3.05) is 13.2 Å². The van der Waals surface area contributed by atoms with Crippen LogP contribution in [0.2, 0.25) is 0 Å². The van der Waals surface area contributed by atoms with Crippen molar-refractivity contribution >= 4 is 40.3 Å². The number of carbonyl (C=O) groups is 5. The van der Waals surface area contributed by atoms with Crippen molar-refractivity contribution in [3.8, 4) is 0 Å². The van der Waals surface area contributed by atoms with Gasteiger partial charge in [-0.15, -0.1) is 0 Å². The molecule has 2 N–H and O–H groups in total. The number of Topliss-reactive ketones (excluding diaryl/α,β-unsaturated/α-hetero) is 1. The molecule has 3 rings (SSSR count). The number of fused-ring (bicyclic) bond motifs is 1. The summed E-state index contributed by atoms with van der Waals surface area (Å²) < 4.78 is 10.6. The molecule has 0 radical (unpaired) electrons. The molecule has 9 nitrogen and oxygen atoms in total. The summed E-state index contributed by atoms with van der Waals surface area (Å²) in [5.74, 6) is -3.64. The average molecular weight is 589 g/mol. The van der Waals surface area contributed by atoms with E-state index in [1.165, 1.54) is 0 Å². The molecule has 0 heterocycles. The first-order valence-corrected chi connectivity index (χ1v) is 14.4. The summed E-state index contributed by atoms with van der Waals surface area (Å²) in [4.78, 5) is 63.6. The molecule has 9 heteroatoms. The quantitative estimate of drug-likeness (QED) is 0.272. The van der Waals surface area contributed by atoms with Gasteiger partial charge >= 0.3 is 11.9 Å². The van der Waals surface area contributed by atoms with Crippen molar-refractivity contribution in [3.05, 3.63) is 83.9 Å². The lowest BCUT2D eigenvalue weighted by Gasteiger charge is -2.23. The molecule has 0 fully saturated rings. The number of ketones is 1. The van der Waals surface area contributed by atoms with E-state index in [9.17, 15) is 24.0 Å². The van der Waals surface area contributed by atoms with E-state index in [-0.39, 0.29) is 18.7 Å². The highest BCUT2D eigenvalue weighted by Gasteiger charge is 2.29. The Hall–Kier alpha value is -4.53. The van der Waals surface area contributed by atoms with Crippen molar-refractivity contribution in [1.82, 2.24) is 10.6 Å². The third-order valence-corrected chi connectivity index (χ3v) is 6.60. The fourth-order valence-corrected chi connectivity index (χ4v) is 4.45. The molecule has 0 saturated heterocycles. The Morgan fingerprint density at radius 2 is 1.49 bits per heavy atom. The molecule has 0 saturated carbocycles. The van der Waals surface area contributed by atoms with Crippen LogP contribution in [0.3, 0.4) is 0 Å². The number of hydrogen-bond acceptors (Lipinski definition) is 7. The van der Waals surface area contributed by atoms with E-state index in [2.05, 4.69) is 10.6 Å². The van der Waals surface area contributed by atoms with Crippen LogP contribution in [0, 0.1) is 5.92 Å². The molecule has 228 valence electrons. The van der Waals surface area contributed by atoms with Crippen LogP contribution in [0.4, 0.5) is 0 Å². The minimum absolute atomic E-state index is 0.0475. The highest BCUT2D eigenvalue weighted by atomic mass is 16.6. The molecule has 2 atom stereocenters. The van der Waals surface area contributed by atoms with Crippen LogP contribution in [0.25, 0.3) is 10.8 Å². The van der Waals surface area contributed by atoms with Crippen LogP contribution in [0.5, 0.6) is 0 Å². The summed E-state index contributed by atoms with van der Waals surface area (Å²) in [6.07, 6.45) is 0.0552.